The third-order valence-corrected chi connectivity index (χ3v) is 6.40. The molecule has 0 aliphatic carbocycles. The van der Waals surface area contributed by atoms with E-state index in [-0.39, 0.29) is 0 Å². The van der Waals surface area contributed by atoms with Gasteiger partial charge in [0.25, 0.3) is 0 Å². The Morgan fingerprint density at radius 2 is 0.971 bits per heavy atom. The molecular weight excluding hydrogens is 420 g/mol. The van der Waals surface area contributed by atoms with Crippen molar-refractivity contribution in [2.24, 2.45) is 0 Å². The number of para-hydroxylation sites is 2. The summed E-state index contributed by atoms with van der Waals surface area (Å²) >= 11 is 0. The Kier molecular flexibility index (Phi) is 3.94. The monoisotopic (exact) mass is 440 g/mol. The number of pyridine rings is 2. The van der Waals surface area contributed by atoms with Gasteiger partial charge in [-0.1, -0.05) is 48.5 Å². The van der Waals surface area contributed by atoms with Crippen LogP contribution in [0.2, 0.25) is 0 Å². The number of aryl methyl sites for hydroxylation is 2. The van der Waals surface area contributed by atoms with Gasteiger partial charge >= 0.3 is 0 Å². The minimum absolute atomic E-state index is 0.834. The molecule has 3 aromatic carbocycles. The van der Waals surface area contributed by atoms with Crippen molar-refractivity contribution in [1.29, 1.82) is 0 Å². The van der Waals surface area contributed by atoms with Gasteiger partial charge in [0.2, 0.25) is 0 Å². The van der Waals surface area contributed by atoms with Gasteiger partial charge in [-0.05, 0) is 50.2 Å². The van der Waals surface area contributed by atoms with E-state index in [0.29, 0.717) is 0 Å². The van der Waals surface area contributed by atoms with Gasteiger partial charge in [0, 0.05) is 44.1 Å². The summed E-state index contributed by atoms with van der Waals surface area (Å²) in [5.74, 6) is 1.67. The summed E-state index contributed by atoms with van der Waals surface area (Å²) in [6.07, 6.45) is 0. The molecule has 0 aliphatic heterocycles. The molecule has 0 N–H and O–H groups in total. The van der Waals surface area contributed by atoms with E-state index in [1.807, 2.05) is 50.2 Å². The Hall–Kier alpha value is -4.44. The molecule has 162 valence electrons. The molecule has 0 bridgehead atoms. The van der Waals surface area contributed by atoms with Crippen molar-refractivity contribution in [1.82, 2.24) is 9.97 Å². The van der Waals surface area contributed by atoms with Crippen molar-refractivity contribution in [3.63, 3.8) is 0 Å². The average molecular weight is 441 g/mol. The van der Waals surface area contributed by atoms with E-state index in [2.05, 4.69) is 48.5 Å². The lowest BCUT2D eigenvalue weighted by Gasteiger charge is -2.11. The van der Waals surface area contributed by atoms with E-state index < -0.39 is 0 Å². The van der Waals surface area contributed by atoms with Crippen LogP contribution in [-0.2, 0) is 0 Å². The molecule has 34 heavy (non-hydrogen) atoms. The molecule has 0 amide bonds. The van der Waals surface area contributed by atoms with Gasteiger partial charge < -0.3 is 8.83 Å². The molecule has 0 saturated carbocycles. The fraction of sp³-hybridized carbons (Fsp3) is 0.0667. The maximum atomic E-state index is 6.22. The predicted molar refractivity (Wildman–Crippen MR) is 137 cm³/mol. The van der Waals surface area contributed by atoms with Gasteiger partial charge in [0.05, 0.1) is 11.0 Å². The lowest BCUT2D eigenvalue weighted by molar-refractivity contribution is 0.631. The molecule has 0 atom stereocenters. The average Bonchev–Trinajstić information content (AvgIpc) is 3.47. The SMILES string of the molecule is Cc1cc(-c2cc3ccccc3o2)c2ccc3c(-c4cc5ccccc5o4)cc(C)nc3c2n1. The minimum atomic E-state index is 0.834. The molecule has 7 rings (SSSR count). The first-order valence-electron chi connectivity index (χ1n) is 11.3. The van der Waals surface area contributed by atoms with Gasteiger partial charge in [-0.3, -0.25) is 9.97 Å². The zero-order valence-corrected chi connectivity index (χ0v) is 18.8. The first-order chi connectivity index (χ1) is 16.6. The topological polar surface area (TPSA) is 52.1 Å². The van der Waals surface area contributed by atoms with Gasteiger partial charge in [0.1, 0.15) is 22.7 Å². The fourth-order valence-electron chi connectivity index (χ4n) is 4.87. The number of rotatable bonds is 2. The van der Waals surface area contributed by atoms with E-state index in [9.17, 15) is 0 Å². The summed E-state index contributed by atoms with van der Waals surface area (Å²) in [7, 11) is 0. The molecule has 7 aromatic rings. The molecular formula is C30H20N2O2. The predicted octanol–water partition coefficient (Wildman–Crippen LogP) is 8.23. The van der Waals surface area contributed by atoms with Crippen LogP contribution < -0.4 is 0 Å². The summed E-state index contributed by atoms with van der Waals surface area (Å²) in [6, 6.07) is 28.8. The standard InChI is InChI=1S/C30H20N2O2/c1-17-13-23(27-15-19-7-3-5-9-25(19)33-27)21-11-12-22-24(14-18(2)32-30(22)29(21)31-17)28-16-20-8-4-6-10-26(20)34-28/h3-16H,1-2H3. The molecule has 4 aromatic heterocycles. The number of hydrogen-bond donors (Lipinski definition) is 0. The normalized spacial score (nSPS) is 11.8. The van der Waals surface area contributed by atoms with Crippen molar-refractivity contribution in [3.05, 3.63) is 96.3 Å². The lowest BCUT2D eigenvalue weighted by Crippen LogP contribution is -1.94. The zero-order valence-electron chi connectivity index (χ0n) is 18.8. The smallest absolute Gasteiger partial charge is 0.136 e. The largest absolute Gasteiger partial charge is 0.456 e. The summed E-state index contributed by atoms with van der Waals surface area (Å²) in [5, 5.41) is 4.21. The van der Waals surface area contributed by atoms with E-state index in [1.54, 1.807) is 0 Å². The van der Waals surface area contributed by atoms with E-state index in [0.717, 1.165) is 77.8 Å². The van der Waals surface area contributed by atoms with Crippen LogP contribution in [0.25, 0.3) is 66.4 Å². The van der Waals surface area contributed by atoms with Crippen LogP contribution >= 0.6 is 0 Å². The number of benzene rings is 3. The van der Waals surface area contributed by atoms with E-state index in [4.69, 9.17) is 18.8 Å². The Balaban J connectivity index is 1.52. The van der Waals surface area contributed by atoms with Gasteiger partial charge in [-0.25, -0.2) is 0 Å². The van der Waals surface area contributed by atoms with Crippen LogP contribution in [0.3, 0.4) is 0 Å². The van der Waals surface area contributed by atoms with Crippen LogP contribution in [0.1, 0.15) is 11.4 Å². The number of aromatic nitrogens is 2. The second-order valence-corrected chi connectivity index (χ2v) is 8.78. The Bertz CT molecular complexity index is 1690. The molecule has 0 saturated heterocycles. The second-order valence-electron chi connectivity index (χ2n) is 8.78. The third-order valence-electron chi connectivity index (χ3n) is 6.40. The van der Waals surface area contributed by atoms with Crippen LogP contribution in [-0.4, -0.2) is 9.97 Å². The Morgan fingerprint density at radius 3 is 1.41 bits per heavy atom. The maximum absolute atomic E-state index is 6.22. The summed E-state index contributed by atoms with van der Waals surface area (Å²) in [5.41, 5.74) is 7.38. The first-order valence-corrected chi connectivity index (χ1v) is 11.3. The molecule has 0 radical (unpaired) electrons. The van der Waals surface area contributed by atoms with Crippen molar-refractivity contribution in [2.45, 2.75) is 13.8 Å². The van der Waals surface area contributed by atoms with Crippen LogP contribution in [0.5, 0.6) is 0 Å². The highest BCUT2D eigenvalue weighted by molar-refractivity contribution is 6.12. The molecule has 0 fully saturated rings. The quantitative estimate of drug-likeness (QED) is 0.254. The molecule has 0 aliphatic rings. The summed E-state index contributed by atoms with van der Waals surface area (Å²) < 4.78 is 12.4. The highest BCUT2D eigenvalue weighted by Crippen LogP contribution is 2.39. The van der Waals surface area contributed by atoms with Crippen molar-refractivity contribution < 1.29 is 8.83 Å². The van der Waals surface area contributed by atoms with Gasteiger partial charge in [-0.2, -0.15) is 0 Å². The number of fused-ring (bicyclic) bond motifs is 5. The van der Waals surface area contributed by atoms with Gasteiger partial charge in [0.15, 0.2) is 0 Å². The van der Waals surface area contributed by atoms with Crippen LogP contribution in [0, 0.1) is 13.8 Å². The van der Waals surface area contributed by atoms with Gasteiger partial charge in [-0.15, -0.1) is 0 Å². The lowest BCUT2D eigenvalue weighted by atomic mass is 9.99. The van der Waals surface area contributed by atoms with Crippen LogP contribution in [0.4, 0.5) is 0 Å². The molecule has 4 nitrogen and oxygen atoms in total. The number of furan rings is 2. The van der Waals surface area contributed by atoms with Crippen molar-refractivity contribution in [2.75, 3.05) is 0 Å². The first kappa shape index (κ1) is 19.1. The number of hydrogen-bond acceptors (Lipinski definition) is 4. The summed E-state index contributed by atoms with van der Waals surface area (Å²) in [6.45, 7) is 4.03. The van der Waals surface area contributed by atoms with Crippen molar-refractivity contribution >= 4 is 43.7 Å². The summed E-state index contributed by atoms with van der Waals surface area (Å²) in [4.78, 5) is 9.86. The fourth-order valence-corrected chi connectivity index (χ4v) is 4.87. The Labute approximate surface area is 195 Å². The maximum Gasteiger partial charge on any atom is 0.136 e. The second kappa shape index (κ2) is 7.03. The van der Waals surface area contributed by atoms with E-state index in [1.165, 1.54) is 0 Å². The van der Waals surface area contributed by atoms with Crippen molar-refractivity contribution in [3.8, 4) is 22.6 Å². The minimum Gasteiger partial charge on any atom is -0.456 e. The van der Waals surface area contributed by atoms with E-state index >= 15 is 0 Å². The highest BCUT2D eigenvalue weighted by Gasteiger charge is 2.17. The molecule has 0 unspecified atom stereocenters. The zero-order chi connectivity index (χ0) is 22.8. The van der Waals surface area contributed by atoms with Crippen LogP contribution in [0.15, 0.2) is 93.8 Å². The Morgan fingerprint density at radius 1 is 0.529 bits per heavy atom. The molecule has 4 heteroatoms. The molecule has 4 heterocycles. The number of nitrogens with zero attached hydrogens (tertiary/aromatic N) is 2. The highest BCUT2D eigenvalue weighted by atomic mass is 16.3. The third kappa shape index (κ3) is 2.85. The molecule has 0 spiro atoms.